The summed E-state index contributed by atoms with van der Waals surface area (Å²) in [5.41, 5.74) is 6.33. The molecule has 1 fully saturated rings. The third kappa shape index (κ3) is 3.07. The van der Waals surface area contributed by atoms with Crippen LogP contribution in [0.1, 0.15) is 5.56 Å². The van der Waals surface area contributed by atoms with E-state index in [0.29, 0.717) is 17.6 Å². The van der Waals surface area contributed by atoms with Crippen molar-refractivity contribution in [2.24, 2.45) is 5.73 Å². The van der Waals surface area contributed by atoms with Gasteiger partial charge in [0, 0.05) is 26.2 Å². The van der Waals surface area contributed by atoms with Gasteiger partial charge in [0.15, 0.2) is 0 Å². The smallest absolute Gasteiger partial charge is 0.236 e. The first-order valence-electron chi connectivity index (χ1n) is 5.76. The molecule has 1 saturated heterocycles. The highest BCUT2D eigenvalue weighted by atomic mass is 79.9. The zero-order valence-corrected chi connectivity index (χ0v) is 11.4. The van der Waals surface area contributed by atoms with Crippen molar-refractivity contribution in [3.63, 3.8) is 0 Å². The maximum atomic E-state index is 13.1. The van der Waals surface area contributed by atoms with Gasteiger partial charge in [-0.3, -0.25) is 9.69 Å². The number of amides is 1. The molecule has 6 heteroatoms. The van der Waals surface area contributed by atoms with Crippen LogP contribution in [-0.4, -0.2) is 36.5 Å². The number of nitrogens with zero attached hydrogens (tertiary/aromatic N) is 1. The number of nitrogens with one attached hydrogen (secondary N) is 1. The fraction of sp³-hybridized carbons (Fsp3) is 0.417. The molecule has 0 aliphatic carbocycles. The average molecular weight is 316 g/mol. The number of carbonyl (C=O) groups excluding carboxylic acids is 1. The van der Waals surface area contributed by atoms with Crippen LogP contribution >= 0.6 is 15.9 Å². The second-order valence-electron chi connectivity index (χ2n) is 4.34. The number of piperazine rings is 1. The third-order valence-corrected chi connectivity index (χ3v) is 3.66. The summed E-state index contributed by atoms with van der Waals surface area (Å²) >= 11 is 3.16. The Bertz CT molecular complexity index is 455. The maximum absolute atomic E-state index is 13.1. The first kappa shape index (κ1) is 13.5. The van der Waals surface area contributed by atoms with Crippen molar-refractivity contribution in [1.29, 1.82) is 0 Å². The summed E-state index contributed by atoms with van der Waals surface area (Å²) in [6, 6.07) is 4.57. The van der Waals surface area contributed by atoms with Gasteiger partial charge in [-0.05, 0) is 33.6 Å². The minimum Gasteiger partial charge on any atom is -0.368 e. The molecule has 18 heavy (non-hydrogen) atoms. The lowest BCUT2D eigenvalue weighted by molar-refractivity contribution is -0.124. The van der Waals surface area contributed by atoms with Crippen molar-refractivity contribution in [2.75, 3.05) is 19.6 Å². The second kappa shape index (κ2) is 5.77. The van der Waals surface area contributed by atoms with E-state index in [2.05, 4.69) is 21.2 Å². The second-order valence-corrected chi connectivity index (χ2v) is 5.20. The summed E-state index contributed by atoms with van der Waals surface area (Å²) in [6.45, 7) is 2.74. The van der Waals surface area contributed by atoms with Gasteiger partial charge in [-0.1, -0.05) is 6.07 Å². The molecular weight excluding hydrogens is 301 g/mol. The third-order valence-electron chi connectivity index (χ3n) is 3.05. The van der Waals surface area contributed by atoms with Crippen LogP contribution in [0.15, 0.2) is 22.7 Å². The van der Waals surface area contributed by atoms with E-state index in [1.165, 1.54) is 6.07 Å². The monoisotopic (exact) mass is 315 g/mol. The van der Waals surface area contributed by atoms with E-state index in [9.17, 15) is 9.18 Å². The van der Waals surface area contributed by atoms with Crippen molar-refractivity contribution < 1.29 is 9.18 Å². The van der Waals surface area contributed by atoms with Crippen molar-refractivity contribution in [3.8, 4) is 0 Å². The Hall–Kier alpha value is -0.980. The molecule has 0 radical (unpaired) electrons. The lowest BCUT2D eigenvalue weighted by Gasteiger charge is -2.34. The van der Waals surface area contributed by atoms with Gasteiger partial charge in [-0.2, -0.15) is 0 Å². The number of benzene rings is 1. The molecule has 1 amide bonds. The molecule has 1 aliphatic rings. The van der Waals surface area contributed by atoms with E-state index in [1.54, 1.807) is 12.1 Å². The first-order valence-corrected chi connectivity index (χ1v) is 6.55. The molecule has 0 bridgehead atoms. The van der Waals surface area contributed by atoms with Gasteiger partial charge >= 0.3 is 0 Å². The molecule has 1 heterocycles. The van der Waals surface area contributed by atoms with Crippen molar-refractivity contribution >= 4 is 21.8 Å². The first-order chi connectivity index (χ1) is 8.58. The van der Waals surface area contributed by atoms with Gasteiger partial charge in [-0.15, -0.1) is 0 Å². The summed E-state index contributed by atoms with van der Waals surface area (Å²) < 4.78 is 13.6. The highest BCUT2D eigenvalue weighted by Gasteiger charge is 2.26. The highest BCUT2D eigenvalue weighted by molar-refractivity contribution is 9.10. The predicted octanol–water partition coefficient (Wildman–Crippen LogP) is 0.847. The van der Waals surface area contributed by atoms with E-state index in [-0.39, 0.29) is 17.8 Å². The van der Waals surface area contributed by atoms with Crippen LogP contribution in [0.2, 0.25) is 0 Å². The molecule has 2 rings (SSSR count). The van der Waals surface area contributed by atoms with Crippen LogP contribution in [0.25, 0.3) is 0 Å². The average Bonchev–Trinajstić information content (AvgIpc) is 2.34. The van der Waals surface area contributed by atoms with Crippen LogP contribution in [0.3, 0.4) is 0 Å². The largest absolute Gasteiger partial charge is 0.368 e. The van der Waals surface area contributed by atoms with Crippen molar-refractivity contribution in [3.05, 3.63) is 34.1 Å². The summed E-state index contributed by atoms with van der Waals surface area (Å²) in [4.78, 5) is 13.4. The number of hydrogen-bond donors (Lipinski definition) is 2. The fourth-order valence-corrected chi connectivity index (χ4v) is 2.51. The lowest BCUT2D eigenvalue weighted by Crippen LogP contribution is -2.56. The number of hydrogen-bond acceptors (Lipinski definition) is 3. The van der Waals surface area contributed by atoms with Gasteiger partial charge in [0.05, 0.1) is 4.47 Å². The molecular formula is C12H15BrFN3O. The topological polar surface area (TPSA) is 58.4 Å². The molecule has 4 nitrogen and oxygen atoms in total. The summed E-state index contributed by atoms with van der Waals surface area (Å²) in [5.74, 6) is -0.617. The number of carbonyl (C=O) groups is 1. The fourth-order valence-electron chi connectivity index (χ4n) is 2.09. The van der Waals surface area contributed by atoms with Gasteiger partial charge in [0.25, 0.3) is 0 Å². The standard InChI is InChI=1S/C12H15BrFN3O/c13-9-5-8(1-2-10(9)14)7-17-4-3-16-6-11(17)12(15)18/h1-2,5,11,16H,3-4,6-7H2,(H2,15,18). The van der Waals surface area contributed by atoms with E-state index in [0.717, 1.165) is 18.7 Å². The van der Waals surface area contributed by atoms with E-state index < -0.39 is 0 Å². The van der Waals surface area contributed by atoms with Crippen molar-refractivity contribution in [2.45, 2.75) is 12.6 Å². The Labute approximate surface area is 113 Å². The predicted molar refractivity (Wildman–Crippen MR) is 70.4 cm³/mol. The van der Waals surface area contributed by atoms with E-state index in [1.807, 2.05) is 4.90 Å². The molecule has 0 aromatic heterocycles. The normalized spacial score (nSPS) is 20.9. The van der Waals surface area contributed by atoms with Crippen molar-refractivity contribution in [1.82, 2.24) is 10.2 Å². The van der Waals surface area contributed by atoms with E-state index >= 15 is 0 Å². The Morgan fingerprint density at radius 3 is 3.06 bits per heavy atom. The van der Waals surface area contributed by atoms with Crippen LogP contribution in [0, 0.1) is 5.82 Å². The molecule has 0 saturated carbocycles. The quantitative estimate of drug-likeness (QED) is 0.869. The SMILES string of the molecule is NC(=O)C1CNCCN1Cc1ccc(F)c(Br)c1. The van der Waals surface area contributed by atoms with E-state index in [4.69, 9.17) is 5.73 Å². The minimum atomic E-state index is -0.330. The molecule has 0 spiro atoms. The van der Waals surface area contributed by atoms with Crippen LogP contribution < -0.4 is 11.1 Å². The summed E-state index contributed by atoms with van der Waals surface area (Å²) in [7, 11) is 0. The zero-order valence-electron chi connectivity index (χ0n) is 9.83. The number of rotatable bonds is 3. The Balaban J connectivity index is 2.10. The molecule has 1 aliphatic heterocycles. The lowest BCUT2D eigenvalue weighted by atomic mass is 10.1. The Kier molecular flexibility index (Phi) is 4.31. The van der Waals surface area contributed by atoms with Crippen LogP contribution in [-0.2, 0) is 11.3 Å². The van der Waals surface area contributed by atoms with Crippen LogP contribution in [0.4, 0.5) is 4.39 Å². The van der Waals surface area contributed by atoms with Gasteiger partial charge in [0.1, 0.15) is 11.9 Å². The van der Waals surface area contributed by atoms with Gasteiger partial charge in [-0.25, -0.2) is 4.39 Å². The van der Waals surface area contributed by atoms with Gasteiger partial charge < -0.3 is 11.1 Å². The highest BCUT2D eigenvalue weighted by Crippen LogP contribution is 2.19. The minimum absolute atomic E-state index is 0.287. The van der Waals surface area contributed by atoms with Crippen LogP contribution in [0.5, 0.6) is 0 Å². The summed E-state index contributed by atoms with van der Waals surface area (Å²) in [6.07, 6.45) is 0. The molecule has 1 atom stereocenters. The zero-order chi connectivity index (χ0) is 13.1. The maximum Gasteiger partial charge on any atom is 0.236 e. The number of halogens is 2. The Morgan fingerprint density at radius 2 is 2.39 bits per heavy atom. The van der Waals surface area contributed by atoms with Gasteiger partial charge in [0.2, 0.25) is 5.91 Å². The Morgan fingerprint density at radius 1 is 1.61 bits per heavy atom. The number of nitrogens with two attached hydrogens (primary N) is 1. The molecule has 1 aromatic carbocycles. The number of primary amides is 1. The summed E-state index contributed by atoms with van der Waals surface area (Å²) in [5, 5.41) is 3.14. The molecule has 1 aromatic rings. The molecule has 3 N–H and O–H groups in total. The molecule has 98 valence electrons. The molecule has 1 unspecified atom stereocenters.